The summed E-state index contributed by atoms with van der Waals surface area (Å²) in [5.74, 6) is 0.319. The van der Waals surface area contributed by atoms with Gasteiger partial charge in [-0.15, -0.1) is 0 Å². The van der Waals surface area contributed by atoms with E-state index in [0.717, 1.165) is 25.7 Å². The molecule has 2 N–H and O–H groups in total. The third-order valence-electron chi connectivity index (χ3n) is 5.21. The molecule has 144 valence electrons. The molecule has 0 bridgehead atoms. The van der Waals surface area contributed by atoms with Gasteiger partial charge in [0, 0.05) is 25.3 Å². The molecule has 1 unspecified atom stereocenters. The summed E-state index contributed by atoms with van der Waals surface area (Å²) in [4.78, 5) is 12.5. The van der Waals surface area contributed by atoms with Crippen LogP contribution in [0.25, 0.3) is 0 Å². The van der Waals surface area contributed by atoms with E-state index in [1.807, 2.05) is 0 Å². The molecule has 6 nitrogen and oxygen atoms in total. The van der Waals surface area contributed by atoms with Crippen LogP contribution in [0.2, 0.25) is 0 Å². The molecule has 1 aromatic rings. The number of amides is 1. The summed E-state index contributed by atoms with van der Waals surface area (Å²) in [6.45, 7) is 1.61. The van der Waals surface area contributed by atoms with Gasteiger partial charge in [-0.2, -0.15) is 0 Å². The summed E-state index contributed by atoms with van der Waals surface area (Å²) in [5.41, 5.74) is 0.376. The highest BCUT2D eigenvalue weighted by Gasteiger charge is 2.21. The largest absolute Gasteiger partial charge is 0.377 e. The van der Waals surface area contributed by atoms with E-state index >= 15 is 0 Å². The van der Waals surface area contributed by atoms with Crippen LogP contribution in [0.3, 0.4) is 0 Å². The van der Waals surface area contributed by atoms with Crippen LogP contribution in [0.1, 0.15) is 55.3 Å². The molecular weight excluding hydrogens is 352 g/mol. The molecule has 0 radical (unpaired) electrons. The first kappa shape index (κ1) is 19.3. The lowest BCUT2D eigenvalue weighted by Crippen LogP contribution is -2.32. The van der Waals surface area contributed by atoms with E-state index < -0.39 is 10.0 Å². The molecule has 2 aliphatic rings. The fourth-order valence-electron chi connectivity index (χ4n) is 3.63. The van der Waals surface area contributed by atoms with E-state index in [1.165, 1.54) is 31.4 Å². The first-order valence-electron chi connectivity index (χ1n) is 9.54. The summed E-state index contributed by atoms with van der Waals surface area (Å²) in [7, 11) is -3.65. The van der Waals surface area contributed by atoms with Crippen molar-refractivity contribution in [2.45, 2.75) is 55.9 Å². The number of benzene rings is 1. The Morgan fingerprint density at radius 3 is 2.62 bits per heavy atom. The van der Waals surface area contributed by atoms with E-state index in [9.17, 15) is 13.2 Å². The normalized spacial score (nSPS) is 21.6. The number of hydrogen-bond donors (Lipinski definition) is 2. The van der Waals surface area contributed by atoms with Gasteiger partial charge in [-0.05, 0) is 49.8 Å². The highest BCUT2D eigenvalue weighted by molar-refractivity contribution is 7.89. The lowest BCUT2D eigenvalue weighted by molar-refractivity contribution is 0.0943. The zero-order valence-electron chi connectivity index (χ0n) is 15.1. The second-order valence-electron chi connectivity index (χ2n) is 7.23. The second kappa shape index (κ2) is 8.97. The molecule has 3 rings (SSSR count). The van der Waals surface area contributed by atoms with Crippen LogP contribution in [0.15, 0.2) is 29.2 Å². The molecule has 1 saturated carbocycles. The summed E-state index contributed by atoms with van der Waals surface area (Å²) in [6, 6.07) is 6.20. The number of hydrogen-bond acceptors (Lipinski definition) is 4. The van der Waals surface area contributed by atoms with Crippen LogP contribution in [0.5, 0.6) is 0 Å². The maximum Gasteiger partial charge on any atom is 0.251 e. The number of ether oxygens (including phenoxy) is 1. The molecular formula is C19H28N2O4S. The number of nitrogens with one attached hydrogen (secondary N) is 2. The van der Waals surface area contributed by atoms with E-state index in [4.69, 9.17) is 4.74 Å². The van der Waals surface area contributed by atoms with Gasteiger partial charge in [0.15, 0.2) is 0 Å². The second-order valence-corrected chi connectivity index (χ2v) is 9.00. The Morgan fingerprint density at radius 2 is 1.88 bits per heavy atom. The van der Waals surface area contributed by atoms with Crippen molar-refractivity contribution in [3.05, 3.63) is 29.8 Å². The van der Waals surface area contributed by atoms with Gasteiger partial charge < -0.3 is 10.1 Å². The molecule has 1 aromatic carbocycles. The Morgan fingerprint density at radius 1 is 1.08 bits per heavy atom. The molecule has 1 saturated heterocycles. The summed E-state index contributed by atoms with van der Waals surface area (Å²) in [6.07, 6.45) is 7.81. The molecule has 2 fully saturated rings. The minimum absolute atomic E-state index is 0.0632. The van der Waals surface area contributed by atoms with E-state index in [1.54, 1.807) is 12.1 Å². The Labute approximate surface area is 155 Å². The predicted octanol–water partition coefficient (Wildman–Crippen LogP) is 2.45. The van der Waals surface area contributed by atoms with Gasteiger partial charge in [-0.25, -0.2) is 13.1 Å². The maximum atomic E-state index is 12.5. The molecule has 1 amide bonds. The van der Waals surface area contributed by atoms with Crippen LogP contribution in [-0.4, -0.2) is 40.1 Å². The third kappa shape index (κ3) is 5.28. The molecule has 1 heterocycles. The zero-order chi connectivity index (χ0) is 18.4. The lowest BCUT2D eigenvalue weighted by Gasteiger charge is -2.21. The van der Waals surface area contributed by atoms with E-state index in [0.29, 0.717) is 24.6 Å². The Bertz CT molecular complexity index is 708. The lowest BCUT2D eigenvalue weighted by atomic mass is 9.89. The van der Waals surface area contributed by atoms with E-state index in [2.05, 4.69) is 10.0 Å². The average molecular weight is 381 g/mol. The van der Waals surface area contributed by atoms with Gasteiger partial charge in [-0.3, -0.25) is 4.79 Å². The topological polar surface area (TPSA) is 84.5 Å². The molecule has 1 aliphatic heterocycles. The molecule has 7 heteroatoms. The van der Waals surface area contributed by atoms with Crippen molar-refractivity contribution in [1.29, 1.82) is 0 Å². The van der Waals surface area contributed by atoms with Crippen molar-refractivity contribution in [2.24, 2.45) is 5.92 Å². The number of carbonyl (C=O) groups excluding carboxylic acids is 1. The molecule has 26 heavy (non-hydrogen) atoms. The van der Waals surface area contributed by atoms with Gasteiger partial charge >= 0.3 is 0 Å². The van der Waals surface area contributed by atoms with Crippen LogP contribution < -0.4 is 10.0 Å². The minimum Gasteiger partial charge on any atom is -0.377 e. The fraction of sp³-hybridized carbons (Fsp3) is 0.632. The van der Waals surface area contributed by atoms with Crippen molar-refractivity contribution >= 4 is 15.9 Å². The minimum atomic E-state index is -3.65. The number of sulfonamides is 1. The Kier molecular flexibility index (Phi) is 6.67. The standard InChI is InChI=1S/C19H28N2O4S/c22-19(20-13-15-6-2-1-3-7-15)16-8-4-10-18(12-16)26(23,24)21-14-17-9-5-11-25-17/h4,8,10,12,15,17,21H,1-3,5-7,9,11,13-14H2,(H,20,22). The molecule has 0 spiro atoms. The molecule has 1 aliphatic carbocycles. The molecule has 0 aromatic heterocycles. The van der Waals surface area contributed by atoms with Crippen LogP contribution in [0.4, 0.5) is 0 Å². The average Bonchev–Trinajstić information content (AvgIpc) is 3.19. The van der Waals surface area contributed by atoms with Crippen molar-refractivity contribution < 1.29 is 17.9 Å². The van der Waals surface area contributed by atoms with Crippen molar-refractivity contribution in [3.63, 3.8) is 0 Å². The highest BCUT2D eigenvalue weighted by atomic mass is 32.2. The quantitative estimate of drug-likeness (QED) is 0.761. The smallest absolute Gasteiger partial charge is 0.251 e. The van der Waals surface area contributed by atoms with Gasteiger partial charge in [-0.1, -0.05) is 25.3 Å². The highest BCUT2D eigenvalue weighted by Crippen LogP contribution is 2.23. The van der Waals surface area contributed by atoms with Crippen molar-refractivity contribution in [3.8, 4) is 0 Å². The van der Waals surface area contributed by atoms with Crippen molar-refractivity contribution in [2.75, 3.05) is 19.7 Å². The van der Waals surface area contributed by atoms with Gasteiger partial charge in [0.25, 0.3) is 5.91 Å². The predicted molar refractivity (Wildman–Crippen MR) is 99.5 cm³/mol. The van der Waals surface area contributed by atoms with Gasteiger partial charge in [0.1, 0.15) is 0 Å². The number of rotatable bonds is 7. The van der Waals surface area contributed by atoms with Crippen LogP contribution in [0, 0.1) is 5.92 Å². The zero-order valence-corrected chi connectivity index (χ0v) is 15.9. The first-order valence-corrected chi connectivity index (χ1v) is 11.0. The van der Waals surface area contributed by atoms with Gasteiger partial charge in [0.2, 0.25) is 10.0 Å². The SMILES string of the molecule is O=C(NCC1CCCCC1)c1cccc(S(=O)(=O)NCC2CCCO2)c1. The summed E-state index contributed by atoms with van der Waals surface area (Å²) in [5, 5.41) is 2.95. The third-order valence-corrected chi connectivity index (χ3v) is 6.63. The monoisotopic (exact) mass is 380 g/mol. The van der Waals surface area contributed by atoms with Gasteiger partial charge in [0.05, 0.1) is 11.0 Å². The molecule has 1 atom stereocenters. The summed E-state index contributed by atoms with van der Waals surface area (Å²) >= 11 is 0. The summed E-state index contributed by atoms with van der Waals surface area (Å²) < 4.78 is 33.0. The van der Waals surface area contributed by atoms with E-state index in [-0.39, 0.29) is 23.5 Å². The number of carbonyl (C=O) groups is 1. The maximum absolute atomic E-state index is 12.5. The Balaban J connectivity index is 1.58. The van der Waals surface area contributed by atoms with Crippen LogP contribution in [-0.2, 0) is 14.8 Å². The Hall–Kier alpha value is -1.44. The van der Waals surface area contributed by atoms with Crippen LogP contribution >= 0.6 is 0 Å². The fourth-order valence-corrected chi connectivity index (χ4v) is 4.74. The van der Waals surface area contributed by atoms with Crippen molar-refractivity contribution in [1.82, 2.24) is 10.0 Å². The first-order chi connectivity index (χ1) is 12.5.